The fraction of sp³-hybridized carbons (Fsp3) is 0.222. The van der Waals surface area contributed by atoms with Gasteiger partial charge in [0.1, 0.15) is 6.61 Å². The van der Waals surface area contributed by atoms with Crippen LogP contribution in [0.2, 0.25) is 0 Å². The zero-order valence-corrected chi connectivity index (χ0v) is 12.6. The van der Waals surface area contributed by atoms with Gasteiger partial charge in [0.2, 0.25) is 5.91 Å². The first-order valence-electron chi connectivity index (χ1n) is 7.20. The predicted octanol–water partition coefficient (Wildman–Crippen LogP) is 3.32. The van der Waals surface area contributed by atoms with Crippen molar-refractivity contribution in [3.8, 4) is 11.1 Å². The zero-order valence-electron chi connectivity index (χ0n) is 12.6. The molecule has 2 aromatic carbocycles. The third kappa shape index (κ3) is 2.60. The fourth-order valence-corrected chi connectivity index (χ4v) is 2.97. The molecule has 1 aliphatic rings. The van der Waals surface area contributed by atoms with Gasteiger partial charge in [-0.05, 0) is 34.4 Å². The molecule has 1 atom stereocenters. The second kappa shape index (κ2) is 5.64. The molecule has 1 unspecified atom stereocenters. The molecule has 112 valence electrons. The van der Waals surface area contributed by atoms with Crippen LogP contribution in [0.1, 0.15) is 30.9 Å². The lowest BCUT2D eigenvalue weighted by Gasteiger charge is -2.14. The second-order valence-electron chi connectivity index (χ2n) is 5.43. The molecule has 0 bridgehead atoms. The summed E-state index contributed by atoms with van der Waals surface area (Å²) in [5, 5.41) is 2.80. The van der Waals surface area contributed by atoms with E-state index >= 15 is 0 Å². The minimum absolute atomic E-state index is 0.00353. The lowest BCUT2D eigenvalue weighted by atomic mass is 9.97. The van der Waals surface area contributed by atoms with Crippen molar-refractivity contribution in [3.05, 3.63) is 53.6 Å². The minimum atomic E-state index is -0.288. The number of hydrogen-bond acceptors (Lipinski definition) is 3. The summed E-state index contributed by atoms with van der Waals surface area (Å²) in [5.41, 5.74) is 5.27. The Morgan fingerprint density at radius 1 is 1.05 bits per heavy atom. The third-order valence-electron chi connectivity index (χ3n) is 3.83. The maximum atomic E-state index is 11.2. The molecule has 0 heterocycles. The molecule has 0 radical (unpaired) electrons. The molecular formula is C18H17NO3. The monoisotopic (exact) mass is 295 g/mol. The number of benzene rings is 2. The summed E-state index contributed by atoms with van der Waals surface area (Å²) in [6, 6.07) is 14.0. The van der Waals surface area contributed by atoms with Crippen LogP contribution in [-0.2, 0) is 14.3 Å². The Balaban J connectivity index is 2.03. The molecule has 0 saturated heterocycles. The van der Waals surface area contributed by atoms with Crippen LogP contribution in [0, 0.1) is 0 Å². The Morgan fingerprint density at radius 2 is 1.77 bits per heavy atom. The Morgan fingerprint density at radius 3 is 2.50 bits per heavy atom. The minimum Gasteiger partial charge on any atom is -0.465 e. The van der Waals surface area contributed by atoms with E-state index < -0.39 is 0 Å². The molecule has 1 aliphatic carbocycles. The van der Waals surface area contributed by atoms with Crippen molar-refractivity contribution < 1.29 is 14.3 Å². The highest BCUT2D eigenvalue weighted by molar-refractivity contribution is 5.90. The lowest BCUT2D eigenvalue weighted by Crippen LogP contribution is -2.11. The average Bonchev–Trinajstić information content (AvgIpc) is 2.77. The highest BCUT2D eigenvalue weighted by Crippen LogP contribution is 2.45. The molecular weight excluding hydrogens is 278 g/mol. The van der Waals surface area contributed by atoms with Gasteiger partial charge in [0, 0.05) is 25.5 Å². The molecule has 0 saturated carbocycles. The molecule has 0 aliphatic heterocycles. The molecule has 1 amide bonds. The maximum Gasteiger partial charge on any atom is 0.302 e. The highest BCUT2D eigenvalue weighted by Gasteiger charge is 2.29. The van der Waals surface area contributed by atoms with E-state index in [1.165, 1.54) is 13.8 Å². The summed E-state index contributed by atoms with van der Waals surface area (Å²) in [6.07, 6.45) is 0. The number of ether oxygens (including phenoxy) is 1. The van der Waals surface area contributed by atoms with E-state index in [1.54, 1.807) is 0 Å². The van der Waals surface area contributed by atoms with Gasteiger partial charge in [-0.2, -0.15) is 0 Å². The number of esters is 1. The average molecular weight is 295 g/mol. The molecule has 2 aromatic rings. The number of nitrogens with one attached hydrogen (secondary N) is 1. The van der Waals surface area contributed by atoms with E-state index in [9.17, 15) is 9.59 Å². The van der Waals surface area contributed by atoms with E-state index in [4.69, 9.17) is 4.74 Å². The number of amides is 1. The van der Waals surface area contributed by atoms with Crippen LogP contribution in [-0.4, -0.2) is 18.5 Å². The van der Waals surface area contributed by atoms with Crippen molar-refractivity contribution in [2.75, 3.05) is 11.9 Å². The van der Waals surface area contributed by atoms with E-state index in [-0.39, 0.29) is 17.8 Å². The molecule has 22 heavy (non-hydrogen) atoms. The van der Waals surface area contributed by atoms with Gasteiger partial charge < -0.3 is 10.1 Å². The first-order valence-corrected chi connectivity index (χ1v) is 7.20. The smallest absolute Gasteiger partial charge is 0.302 e. The van der Waals surface area contributed by atoms with Crippen molar-refractivity contribution >= 4 is 17.6 Å². The third-order valence-corrected chi connectivity index (χ3v) is 3.83. The molecule has 0 aromatic heterocycles. The highest BCUT2D eigenvalue weighted by atomic mass is 16.5. The Bertz CT molecular complexity index is 752. The van der Waals surface area contributed by atoms with Gasteiger partial charge in [0.05, 0.1) is 0 Å². The standard InChI is InChI=1S/C18H17NO3/c1-11(20)19-13-7-8-16-14-5-3-4-6-15(14)18(17(16)9-13)10-22-12(2)21/h3-9,18H,10H2,1-2H3,(H,19,20). The summed E-state index contributed by atoms with van der Waals surface area (Å²) in [5.74, 6) is -0.389. The Hall–Kier alpha value is -2.62. The quantitative estimate of drug-likeness (QED) is 0.884. The van der Waals surface area contributed by atoms with Crippen molar-refractivity contribution in [2.24, 2.45) is 0 Å². The Labute approximate surface area is 129 Å². The van der Waals surface area contributed by atoms with Crippen molar-refractivity contribution in [2.45, 2.75) is 19.8 Å². The second-order valence-corrected chi connectivity index (χ2v) is 5.43. The first-order chi connectivity index (χ1) is 10.6. The SMILES string of the molecule is CC(=O)Nc1ccc2c(c1)C(COC(C)=O)c1ccccc1-2. The van der Waals surface area contributed by atoms with Gasteiger partial charge in [0.25, 0.3) is 0 Å². The van der Waals surface area contributed by atoms with Gasteiger partial charge in [-0.3, -0.25) is 9.59 Å². The van der Waals surface area contributed by atoms with Gasteiger partial charge in [-0.25, -0.2) is 0 Å². The number of hydrogen-bond donors (Lipinski definition) is 1. The van der Waals surface area contributed by atoms with Crippen LogP contribution in [0.5, 0.6) is 0 Å². The summed E-state index contributed by atoms with van der Waals surface area (Å²) in [6.45, 7) is 3.21. The lowest BCUT2D eigenvalue weighted by molar-refractivity contribution is -0.141. The van der Waals surface area contributed by atoms with Gasteiger partial charge in [-0.15, -0.1) is 0 Å². The molecule has 4 heteroatoms. The Kier molecular flexibility index (Phi) is 3.67. The number of carbonyl (C=O) groups is 2. The van der Waals surface area contributed by atoms with E-state index in [0.717, 1.165) is 27.9 Å². The van der Waals surface area contributed by atoms with Crippen LogP contribution in [0.3, 0.4) is 0 Å². The topological polar surface area (TPSA) is 55.4 Å². The largest absolute Gasteiger partial charge is 0.465 e. The molecule has 3 rings (SSSR count). The summed E-state index contributed by atoms with van der Waals surface area (Å²) < 4.78 is 5.23. The number of anilines is 1. The van der Waals surface area contributed by atoms with Crippen molar-refractivity contribution in [3.63, 3.8) is 0 Å². The predicted molar refractivity (Wildman–Crippen MR) is 84.7 cm³/mol. The van der Waals surface area contributed by atoms with E-state index in [0.29, 0.717) is 6.61 Å². The molecule has 1 N–H and O–H groups in total. The fourth-order valence-electron chi connectivity index (χ4n) is 2.97. The van der Waals surface area contributed by atoms with E-state index in [2.05, 4.69) is 17.4 Å². The summed E-state index contributed by atoms with van der Waals surface area (Å²) in [7, 11) is 0. The van der Waals surface area contributed by atoms with Crippen molar-refractivity contribution in [1.29, 1.82) is 0 Å². The molecule has 0 fully saturated rings. The maximum absolute atomic E-state index is 11.2. The van der Waals surface area contributed by atoms with Crippen LogP contribution in [0.25, 0.3) is 11.1 Å². The number of carbonyl (C=O) groups excluding carboxylic acids is 2. The van der Waals surface area contributed by atoms with Crippen LogP contribution in [0.4, 0.5) is 5.69 Å². The zero-order chi connectivity index (χ0) is 15.7. The molecule has 4 nitrogen and oxygen atoms in total. The number of fused-ring (bicyclic) bond motifs is 3. The normalized spacial score (nSPS) is 14.9. The van der Waals surface area contributed by atoms with Gasteiger partial charge in [0.15, 0.2) is 0 Å². The van der Waals surface area contributed by atoms with Crippen LogP contribution < -0.4 is 5.32 Å². The van der Waals surface area contributed by atoms with E-state index in [1.807, 2.05) is 30.3 Å². The summed E-state index contributed by atoms with van der Waals surface area (Å²) >= 11 is 0. The van der Waals surface area contributed by atoms with Crippen molar-refractivity contribution in [1.82, 2.24) is 0 Å². The summed E-state index contributed by atoms with van der Waals surface area (Å²) in [4.78, 5) is 22.4. The molecule has 0 spiro atoms. The van der Waals surface area contributed by atoms with Crippen LogP contribution in [0.15, 0.2) is 42.5 Å². The van der Waals surface area contributed by atoms with Crippen LogP contribution >= 0.6 is 0 Å². The van der Waals surface area contributed by atoms with Gasteiger partial charge in [-0.1, -0.05) is 30.3 Å². The first kappa shape index (κ1) is 14.3. The number of rotatable bonds is 3. The van der Waals surface area contributed by atoms with Gasteiger partial charge >= 0.3 is 5.97 Å².